The smallest absolute Gasteiger partial charge is 0.255 e. The maximum absolute atomic E-state index is 13.4. The molecule has 0 saturated heterocycles. The normalized spacial score (nSPS) is 13.9. The van der Waals surface area contributed by atoms with E-state index in [1.807, 2.05) is 62.4 Å². The lowest BCUT2D eigenvalue weighted by Gasteiger charge is -2.39. The van der Waals surface area contributed by atoms with Crippen molar-refractivity contribution in [2.24, 2.45) is 0 Å². The molecule has 0 aliphatic heterocycles. The van der Waals surface area contributed by atoms with Gasteiger partial charge in [0, 0.05) is 30.3 Å². The standard InChI is InChI=1S/C31H30N6O4/c1-4-33-26-22(16-23-24(28(39)32-3)25(41-29(23)35-26)19-11-9-18(2)10-12-19)20-7-5-8-21(15-20)27(38)36-31(13-6-14-31)30-34-17-40-37-30/h5,7-12,15-17H,4,6,13-14H2,1-3H3,(H,32,39)(H,33,35)(H,36,38). The lowest BCUT2D eigenvalue weighted by Crippen LogP contribution is -2.51. The van der Waals surface area contributed by atoms with Gasteiger partial charge in [0.15, 0.2) is 5.82 Å². The Balaban J connectivity index is 1.43. The van der Waals surface area contributed by atoms with Gasteiger partial charge in [-0.05, 0) is 56.9 Å². The number of aromatic nitrogens is 3. The first kappa shape index (κ1) is 26.2. The fourth-order valence-corrected chi connectivity index (χ4v) is 5.24. The molecular formula is C31H30N6O4. The van der Waals surface area contributed by atoms with E-state index in [-0.39, 0.29) is 11.8 Å². The zero-order valence-corrected chi connectivity index (χ0v) is 23.1. The van der Waals surface area contributed by atoms with Crippen LogP contribution in [0.3, 0.4) is 0 Å². The van der Waals surface area contributed by atoms with Gasteiger partial charge in [-0.15, -0.1) is 0 Å². The monoisotopic (exact) mass is 550 g/mol. The molecule has 0 atom stereocenters. The number of benzene rings is 2. The molecule has 3 aromatic heterocycles. The molecule has 0 unspecified atom stereocenters. The third-order valence-corrected chi connectivity index (χ3v) is 7.58. The Morgan fingerprint density at radius 1 is 1.02 bits per heavy atom. The van der Waals surface area contributed by atoms with E-state index in [0.717, 1.165) is 41.5 Å². The van der Waals surface area contributed by atoms with Crippen LogP contribution in [0.5, 0.6) is 0 Å². The number of carbonyl (C=O) groups is 2. The first-order chi connectivity index (χ1) is 19.9. The Morgan fingerprint density at radius 3 is 2.49 bits per heavy atom. The van der Waals surface area contributed by atoms with E-state index in [1.54, 1.807) is 13.1 Å². The molecule has 5 aromatic rings. The lowest BCUT2D eigenvalue weighted by atomic mass is 9.76. The Morgan fingerprint density at radius 2 is 1.83 bits per heavy atom. The Bertz CT molecular complexity index is 1740. The number of aryl methyl sites for hydroxylation is 1. The van der Waals surface area contributed by atoms with Gasteiger partial charge < -0.3 is 24.9 Å². The summed E-state index contributed by atoms with van der Waals surface area (Å²) in [5, 5.41) is 13.7. The molecule has 2 aromatic carbocycles. The molecule has 3 heterocycles. The molecule has 1 fully saturated rings. The van der Waals surface area contributed by atoms with E-state index in [4.69, 9.17) is 13.9 Å². The minimum Gasteiger partial charge on any atom is -0.437 e. The lowest BCUT2D eigenvalue weighted by molar-refractivity contribution is 0.0804. The highest BCUT2D eigenvalue weighted by Gasteiger charge is 2.44. The van der Waals surface area contributed by atoms with Gasteiger partial charge in [0.2, 0.25) is 12.1 Å². The first-order valence-corrected chi connectivity index (χ1v) is 13.6. The predicted octanol–water partition coefficient (Wildman–Crippen LogP) is 5.45. The molecule has 2 amide bonds. The number of pyridine rings is 1. The predicted molar refractivity (Wildman–Crippen MR) is 154 cm³/mol. The first-order valence-electron chi connectivity index (χ1n) is 13.6. The number of hydrogen-bond acceptors (Lipinski definition) is 8. The van der Waals surface area contributed by atoms with Crippen LogP contribution in [0.2, 0.25) is 0 Å². The van der Waals surface area contributed by atoms with Crippen LogP contribution < -0.4 is 16.0 Å². The van der Waals surface area contributed by atoms with Gasteiger partial charge in [0.1, 0.15) is 17.1 Å². The number of nitrogens with one attached hydrogen (secondary N) is 3. The number of nitrogens with zero attached hydrogens (tertiary/aromatic N) is 3. The van der Waals surface area contributed by atoms with Crippen LogP contribution >= 0.6 is 0 Å². The van der Waals surface area contributed by atoms with Crippen molar-refractivity contribution in [2.75, 3.05) is 18.9 Å². The number of rotatable bonds is 8. The molecular weight excluding hydrogens is 520 g/mol. The van der Waals surface area contributed by atoms with Crippen molar-refractivity contribution in [2.45, 2.75) is 38.6 Å². The summed E-state index contributed by atoms with van der Waals surface area (Å²) < 4.78 is 11.1. The molecule has 1 saturated carbocycles. The molecule has 3 N–H and O–H groups in total. The number of anilines is 1. The van der Waals surface area contributed by atoms with E-state index in [1.165, 1.54) is 6.39 Å². The van der Waals surface area contributed by atoms with Crippen molar-refractivity contribution in [3.8, 4) is 22.5 Å². The van der Waals surface area contributed by atoms with Crippen molar-refractivity contribution in [1.29, 1.82) is 0 Å². The molecule has 10 heteroatoms. The van der Waals surface area contributed by atoms with Crippen molar-refractivity contribution in [3.05, 3.63) is 83.5 Å². The second-order valence-electron chi connectivity index (χ2n) is 10.2. The van der Waals surface area contributed by atoms with Crippen LogP contribution in [-0.2, 0) is 5.54 Å². The van der Waals surface area contributed by atoms with Gasteiger partial charge in [-0.2, -0.15) is 9.97 Å². The van der Waals surface area contributed by atoms with Gasteiger partial charge in [0.05, 0.1) is 10.9 Å². The summed E-state index contributed by atoms with van der Waals surface area (Å²) in [6, 6.07) is 17.0. The van der Waals surface area contributed by atoms with E-state index < -0.39 is 5.54 Å². The zero-order valence-electron chi connectivity index (χ0n) is 23.1. The summed E-state index contributed by atoms with van der Waals surface area (Å²) in [6.07, 6.45) is 3.74. The Hall–Kier alpha value is -4.99. The second kappa shape index (κ2) is 10.5. The minimum atomic E-state index is -0.624. The third kappa shape index (κ3) is 4.71. The average molecular weight is 551 g/mol. The molecule has 0 bridgehead atoms. The minimum absolute atomic E-state index is 0.230. The highest BCUT2D eigenvalue weighted by Crippen LogP contribution is 2.40. The number of fused-ring (bicyclic) bond motifs is 1. The maximum Gasteiger partial charge on any atom is 0.255 e. The van der Waals surface area contributed by atoms with Crippen molar-refractivity contribution >= 4 is 28.7 Å². The molecule has 208 valence electrons. The summed E-state index contributed by atoms with van der Waals surface area (Å²) in [6.45, 7) is 4.60. The molecule has 1 aliphatic carbocycles. The van der Waals surface area contributed by atoms with Gasteiger partial charge in [0.25, 0.3) is 11.8 Å². The summed E-state index contributed by atoms with van der Waals surface area (Å²) >= 11 is 0. The van der Waals surface area contributed by atoms with Crippen LogP contribution in [0.4, 0.5) is 5.82 Å². The van der Waals surface area contributed by atoms with Crippen molar-refractivity contribution in [1.82, 2.24) is 25.8 Å². The number of carbonyl (C=O) groups excluding carboxylic acids is 2. The van der Waals surface area contributed by atoms with Gasteiger partial charge >= 0.3 is 0 Å². The van der Waals surface area contributed by atoms with Crippen LogP contribution in [0.1, 0.15) is 58.3 Å². The number of hydrogen-bond donors (Lipinski definition) is 3. The molecule has 0 spiro atoms. The number of amides is 2. The van der Waals surface area contributed by atoms with Crippen molar-refractivity contribution in [3.63, 3.8) is 0 Å². The Labute approximate surface area is 236 Å². The highest BCUT2D eigenvalue weighted by atomic mass is 16.5. The van der Waals surface area contributed by atoms with Gasteiger partial charge in [-0.1, -0.05) is 47.1 Å². The SMILES string of the molecule is CCNc1nc2oc(-c3ccc(C)cc3)c(C(=O)NC)c2cc1-c1cccc(C(=O)NC2(c3ncon3)CCC2)c1. The van der Waals surface area contributed by atoms with E-state index in [9.17, 15) is 9.59 Å². The number of furan rings is 1. The zero-order chi connectivity index (χ0) is 28.6. The molecule has 0 radical (unpaired) electrons. The van der Waals surface area contributed by atoms with Gasteiger partial charge in [-0.3, -0.25) is 9.59 Å². The maximum atomic E-state index is 13.4. The molecule has 10 nitrogen and oxygen atoms in total. The summed E-state index contributed by atoms with van der Waals surface area (Å²) in [5.41, 5.74) is 4.01. The van der Waals surface area contributed by atoms with Crippen LogP contribution in [0, 0.1) is 6.92 Å². The molecule has 1 aliphatic rings. The van der Waals surface area contributed by atoms with E-state index >= 15 is 0 Å². The summed E-state index contributed by atoms with van der Waals surface area (Å²) in [7, 11) is 1.59. The quantitative estimate of drug-likeness (QED) is 0.232. The van der Waals surface area contributed by atoms with Crippen LogP contribution in [-0.4, -0.2) is 40.5 Å². The van der Waals surface area contributed by atoms with Crippen LogP contribution in [0.25, 0.3) is 33.6 Å². The fourth-order valence-electron chi connectivity index (χ4n) is 5.24. The van der Waals surface area contributed by atoms with Crippen LogP contribution in [0.15, 0.2) is 69.9 Å². The van der Waals surface area contributed by atoms with Crippen molar-refractivity contribution < 1.29 is 18.5 Å². The summed E-state index contributed by atoms with van der Waals surface area (Å²) in [5.74, 6) is 1.03. The molecule has 6 rings (SSSR count). The third-order valence-electron chi connectivity index (χ3n) is 7.58. The van der Waals surface area contributed by atoms with Gasteiger partial charge in [-0.25, -0.2) is 0 Å². The second-order valence-corrected chi connectivity index (χ2v) is 10.2. The summed E-state index contributed by atoms with van der Waals surface area (Å²) in [4.78, 5) is 35.5. The Kier molecular flexibility index (Phi) is 6.74. The van der Waals surface area contributed by atoms with E-state index in [2.05, 4.69) is 26.1 Å². The highest BCUT2D eigenvalue weighted by molar-refractivity contribution is 6.11. The molecule has 41 heavy (non-hydrogen) atoms. The van der Waals surface area contributed by atoms with E-state index in [0.29, 0.717) is 46.2 Å². The average Bonchev–Trinajstić information content (AvgIpc) is 3.63. The fraction of sp³-hybridized carbons (Fsp3) is 0.258. The largest absolute Gasteiger partial charge is 0.437 e. The topological polar surface area (TPSA) is 135 Å².